The molecule has 2 fully saturated rings. The summed E-state index contributed by atoms with van der Waals surface area (Å²) in [6.45, 7) is 5.60. The summed E-state index contributed by atoms with van der Waals surface area (Å²) >= 11 is 0. The Kier molecular flexibility index (Phi) is 4.73. The highest BCUT2D eigenvalue weighted by atomic mass is 16.2. The Morgan fingerprint density at radius 2 is 1.88 bits per heavy atom. The van der Waals surface area contributed by atoms with E-state index in [-0.39, 0.29) is 11.9 Å². The maximum Gasteiger partial charge on any atom is 0.245 e. The molecule has 0 bridgehead atoms. The van der Waals surface area contributed by atoms with Crippen molar-refractivity contribution in [3.05, 3.63) is 47.8 Å². The van der Waals surface area contributed by atoms with Crippen molar-refractivity contribution in [1.29, 1.82) is 0 Å². The molecule has 4 rings (SSSR count). The number of carbonyl (C=O) groups is 1. The smallest absolute Gasteiger partial charge is 0.245 e. The Bertz CT molecular complexity index is 770. The second kappa shape index (κ2) is 7.32. The van der Waals surface area contributed by atoms with Crippen LogP contribution in [0.25, 0.3) is 0 Å². The van der Waals surface area contributed by atoms with Crippen molar-refractivity contribution in [3.63, 3.8) is 0 Å². The van der Waals surface area contributed by atoms with Crippen molar-refractivity contribution in [3.8, 4) is 0 Å². The maximum absolute atomic E-state index is 12.7. The van der Waals surface area contributed by atoms with Crippen LogP contribution in [0.1, 0.15) is 30.4 Å². The summed E-state index contributed by atoms with van der Waals surface area (Å²) in [6.07, 6.45) is 4.80. The van der Waals surface area contributed by atoms with E-state index in [1.54, 1.807) is 6.33 Å². The first-order chi connectivity index (χ1) is 12.7. The summed E-state index contributed by atoms with van der Waals surface area (Å²) in [4.78, 5) is 25.6. The Hall–Kier alpha value is -2.63. The van der Waals surface area contributed by atoms with Gasteiger partial charge in [0.15, 0.2) is 0 Å². The molecule has 1 aromatic heterocycles. The highest BCUT2D eigenvalue weighted by molar-refractivity contribution is 5.86. The van der Waals surface area contributed by atoms with Crippen molar-refractivity contribution in [2.75, 3.05) is 29.9 Å². The van der Waals surface area contributed by atoms with Gasteiger partial charge in [0.05, 0.1) is 0 Å². The number of aryl methyl sites for hydroxylation is 1. The van der Waals surface area contributed by atoms with Crippen molar-refractivity contribution in [2.24, 2.45) is 0 Å². The minimum Gasteiger partial charge on any atom is -0.358 e. The third-order valence-electron chi connectivity index (χ3n) is 5.20. The first kappa shape index (κ1) is 16.8. The predicted molar refractivity (Wildman–Crippen MR) is 102 cm³/mol. The Labute approximate surface area is 154 Å². The van der Waals surface area contributed by atoms with Crippen LogP contribution in [-0.4, -0.2) is 46.5 Å². The lowest BCUT2D eigenvalue weighted by Crippen LogP contribution is -2.33. The van der Waals surface area contributed by atoms with E-state index in [0.717, 1.165) is 37.7 Å². The van der Waals surface area contributed by atoms with Gasteiger partial charge < -0.3 is 15.1 Å². The second-order valence-corrected chi connectivity index (χ2v) is 7.19. The number of likely N-dealkylation sites (tertiary alicyclic amines) is 1. The summed E-state index contributed by atoms with van der Waals surface area (Å²) in [6, 6.07) is 10.1. The number of anilines is 2. The second-order valence-electron chi connectivity index (χ2n) is 7.19. The molecule has 6 heteroatoms. The Morgan fingerprint density at radius 1 is 1.12 bits per heavy atom. The fourth-order valence-corrected chi connectivity index (χ4v) is 3.67. The van der Waals surface area contributed by atoms with Gasteiger partial charge in [-0.15, -0.1) is 0 Å². The van der Waals surface area contributed by atoms with Crippen LogP contribution >= 0.6 is 0 Å². The molecule has 0 radical (unpaired) electrons. The topological polar surface area (TPSA) is 61.4 Å². The lowest BCUT2D eigenvalue weighted by atomic mass is 10.1. The van der Waals surface area contributed by atoms with Gasteiger partial charge in [0.25, 0.3) is 0 Å². The van der Waals surface area contributed by atoms with Crippen molar-refractivity contribution >= 4 is 17.5 Å². The standard InChI is InChI=1S/C20H25N5O/c1-15-4-6-16(7-5-15)13-25-11-8-17(20(25)26)23-18-12-19(22-14-21-18)24-9-2-3-10-24/h4-7,12,14,17H,2-3,8-11,13H2,1H3,(H,21,22,23). The van der Waals surface area contributed by atoms with E-state index < -0.39 is 0 Å². The average molecular weight is 351 g/mol. The predicted octanol–water partition coefficient (Wildman–Crippen LogP) is 2.60. The molecule has 1 atom stereocenters. The molecule has 136 valence electrons. The van der Waals surface area contributed by atoms with Gasteiger partial charge in [-0.3, -0.25) is 4.79 Å². The average Bonchev–Trinajstić information content (AvgIpc) is 3.30. The lowest BCUT2D eigenvalue weighted by molar-refractivity contribution is -0.128. The minimum absolute atomic E-state index is 0.145. The molecule has 26 heavy (non-hydrogen) atoms. The van der Waals surface area contributed by atoms with Gasteiger partial charge in [0.2, 0.25) is 5.91 Å². The summed E-state index contributed by atoms with van der Waals surface area (Å²) < 4.78 is 0. The van der Waals surface area contributed by atoms with Crippen LogP contribution in [0.5, 0.6) is 0 Å². The number of aromatic nitrogens is 2. The van der Waals surface area contributed by atoms with E-state index in [2.05, 4.69) is 51.4 Å². The zero-order valence-corrected chi connectivity index (χ0v) is 15.2. The zero-order valence-electron chi connectivity index (χ0n) is 15.2. The maximum atomic E-state index is 12.7. The molecule has 3 heterocycles. The number of nitrogens with one attached hydrogen (secondary N) is 1. The molecule has 2 aliphatic rings. The van der Waals surface area contributed by atoms with Gasteiger partial charge in [-0.05, 0) is 31.7 Å². The highest BCUT2D eigenvalue weighted by Gasteiger charge is 2.31. The Morgan fingerprint density at radius 3 is 2.65 bits per heavy atom. The third-order valence-corrected chi connectivity index (χ3v) is 5.20. The van der Waals surface area contributed by atoms with Gasteiger partial charge in [-0.1, -0.05) is 29.8 Å². The molecule has 0 aliphatic carbocycles. The number of nitrogens with zero attached hydrogens (tertiary/aromatic N) is 4. The lowest BCUT2D eigenvalue weighted by Gasteiger charge is -2.19. The zero-order chi connectivity index (χ0) is 17.9. The van der Waals surface area contributed by atoms with Crippen molar-refractivity contribution in [1.82, 2.24) is 14.9 Å². The molecular weight excluding hydrogens is 326 g/mol. The van der Waals surface area contributed by atoms with E-state index in [0.29, 0.717) is 6.54 Å². The van der Waals surface area contributed by atoms with Gasteiger partial charge in [-0.2, -0.15) is 0 Å². The number of rotatable bonds is 5. The normalized spacial score (nSPS) is 20.0. The van der Waals surface area contributed by atoms with E-state index >= 15 is 0 Å². The molecule has 2 saturated heterocycles. The number of hydrogen-bond donors (Lipinski definition) is 1. The summed E-state index contributed by atoms with van der Waals surface area (Å²) in [5, 5.41) is 3.31. The quantitative estimate of drug-likeness (QED) is 0.897. The van der Waals surface area contributed by atoms with Crippen molar-refractivity contribution < 1.29 is 4.79 Å². The third kappa shape index (κ3) is 3.64. The van der Waals surface area contributed by atoms with Crippen molar-refractivity contribution in [2.45, 2.75) is 38.8 Å². The van der Waals surface area contributed by atoms with Crippen LogP contribution in [0.3, 0.4) is 0 Å². The van der Waals surface area contributed by atoms with Gasteiger partial charge >= 0.3 is 0 Å². The minimum atomic E-state index is -0.207. The number of hydrogen-bond acceptors (Lipinski definition) is 5. The van der Waals surface area contributed by atoms with E-state index in [1.165, 1.54) is 24.0 Å². The van der Waals surface area contributed by atoms with E-state index in [4.69, 9.17) is 0 Å². The highest BCUT2D eigenvalue weighted by Crippen LogP contribution is 2.22. The number of benzene rings is 1. The van der Waals surface area contributed by atoms with Gasteiger partial charge in [0, 0.05) is 32.2 Å². The molecule has 2 aromatic rings. The molecule has 1 aromatic carbocycles. The van der Waals surface area contributed by atoms with Crippen LogP contribution in [0.4, 0.5) is 11.6 Å². The van der Waals surface area contributed by atoms with Gasteiger partial charge in [0.1, 0.15) is 24.0 Å². The SMILES string of the molecule is Cc1ccc(CN2CCC(Nc3cc(N4CCCC4)ncn3)C2=O)cc1. The Balaban J connectivity index is 1.39. The monoisotopic (exact) mass is 351 g/mol. The fourth-order valence-electron chi connectivity index (χ4n) is 3.67. The summed E-state index contributed by atoms with van der Waals surface area (Å²) in [5.74, 6) is 1.83. The van der Waals surface area contributed by atoms with E-state index in [9.17, 15) is 4.79 Å². The molecule has 0 spiro atoms. The largest absolute Gasteiger partial charge is 0.358 e. The first-order valence-electron chi connectivity index (χ1n) is 9.37. The van der Waals surface area contributed by atoms with Crippen LogP contribution < -0.4 is 10.2 Å². The van der Waals surface area contributed by atoms with Crippen LogP contribution in [0.2, 0.25) is 0 Å². The number of amides is 1. The first-order valence-corrected chi connectivity index (χ1v) is 9.37. The van der Waals surface area contributed by atoms with Crippen LogP contribution in [0, 0.1) is 6.92 Å². The van der Waals surface area contributed by atoms with E-state index in [1.807, 2.05) is 11.0 Å². The molecular formula is C20H25N5O. The molecule has 0 saturated carbocycles. The molecule has 6 nitrogen and oxygen atoms in total. The van der Waals surface area contributed by atoms with Crippen LogP contribution in [-0.2, 0) is 11.3 Å². The summed E-state index contributed by atoms with van der Waals surface area (Å²) in [5.41, 5.74) is 2.40. The molecule has 1 amide bonds. The van der Waals surface area contributed by atoms with Gasteiger partial charge in [-0.25, -0.2) is 9.97 Å². The molecule has 2 aliphatic heterocycles. The fraction of sp³-hybridized carbons (Fsp3) is 0.450. The molecule has 1 N–H and O–H groups in total. The molecule has 1 unspecified atom stereocenters. The van der Waals surface area contributed by atoms with Crippen LogP contribution in [0.15, 0.2) is 36.7 Å². The number of carbonyl (C=O) groups excluding carboxylic acids is 1. The summed E-state index contributed by atoms with van der Waals surface area (Å²) in [7, 11) is 0.